The molecule has 100 valence electrons. The predicted molar refractivity (Wildman–Crippen MR) is 82.0 cm³/mol. The highest BCUT2D eigenvalue weighted by atomic mass is 32.2. The molecule has 0 heterocycles. The molecule has 0 aromatic heterocycles. The quantitative estimate of drug-likeness (QED) is 0.632. The maximum Gasteiger partial charge on any atom is 0.115 e. The first-order chi connectivity index (χ1) is 8.94. The van der Waals surface area contributed by atoms with Crippen LogP contribution < -0.4 is 0 Å². The van der Waals surface area contributed by atoms with Gasteiger partial charge in [0, 0.05) is 9.79 Å². The number of phenolic OH excluding ortho intramolecular Hbond substituents is 2. The molecule has 2 N–H and O–H groups in total. The van der Waals surface area contributed by atoms with Gasteiger partial charge in [-0.3, -0.25) is 0 Å². The Kier molecular flexibility index (Phi) is 4.32. The van der Waals surface area contributed by atoms with Crippen molar-refractivity contribution < 1.29 is 10.2 Å². The van der Waals surface area contributed by atoms with Crippen molar-refractivity contribution in [3.63, 3.8) is 0 Å². The molecule has 0 fully saturated rings. The standard InChI is InChI=1S/C15H16O2S2/c1-15(2,18-13-7-3-11(16)4-8-13)19-14-9-5-12(17)6-10-14/h3-10,16-17H,1-2H3. The van der Waals surface area contributed by atoms with Gasteiger partial charge in [0.25, 0.3) is 0 Å². The zero-order valence-corrected chi connectivity index (χ0v) is 12.5. The Balaban J connectivity index is 2.05. The van der Waals surface area contributed by atoms with Crippen LogP contribution in [-0.2, 0) is 0 Å². The lowest BCUT2D eigenvalue weighted by atomic mass is 10.3. The smallest absolute Gasteiger partial charge is 0.115 e. The molecule has 4 heteroatoms. The second-order valence-corrected chi connectivity index (χ2v) is 8.24. The minimum Gasteiger partial charge on any atom is -0.508 e. The molecule has 0 atom stereocenters. The Bertz CT molecular complexity index is 484. The minimum absolute atomic E-state index is 0.0338. The van der Waals surface area contributed by atoms with Crippen LogP contribution in [0.1, 0.15) is 13.8 Å². The number of rotatable bonds is 4. The summed E-state index contributed by atoms with van der Waals surface area (Å²) in [6.45, 7) is 4.31. The van der Waals surface area contributed by atoms with E-state index < -0.39 is 0 Å². The molecular weight excluding hydrogens is 276 g/mol. The second-order valence-electron chi connectivity index (χ2n) is 4.59. The van der Waals surface area contributed by atoms with Crippen LogP contribution in [-0.4, -0.2) is 14.3 Å². The fourth-order valence-electron chi connectivity index (χ4n) is 1.62. The van der Waals surface area contributed by atoms with Crippen LogP contribution in [0.4, 0.5) is 0 Å². The van der Waals surface area contributed by atoms with Gasteiger partial charge in [-0.2, -0.15) is 0 Å². The van der Waals surface area contributed by atoms with Gasteiger partial charge in [0.2, 0.25) is 0 Å². The Morgan fingerprint density at radius 3 is 1.32 bits per heavy atom. The third-order valence-corrected chi connectivity index (χ3v) is 4.90. The van der Waals surface area contributed by atoms with Gasteiger partial charge < -0.3 is 10.2 Å². The molecule has 0 aliphatic heterocycles. The van der Waals surface area contributed by atoms with E-state index in [-0.39, 0.29) is 15.6 Å². The maximum atomic E-state index is 9.28. The zero-order chi connectivity index (χ0) is 13.9. The van der Waals surface area contributed by atoms with Crippen molar-refractivity contribution in [3.8, 4) is 11.5 Å². The highest BCUT2D eigenvalue weighted by molar-refractivity contribution is 8.18. The normalized spacial score (nSPS) is 11.5. The average molecular weight is 292 g/mol. The SMILES string of the molecule is CC(C)(Sc1ccc(O)cc1)Sc1ccc(O)cc1. The van der Waals surface area contributed by atoms with E-state index in [2.05, 4.69) is 13.8 Å². The Morgan fingerprint density at radius 2 is 1.00 bits per heavy atom. The summed E-state index contributed by atoms with van der Waals surface area (Å²) in [6, 6.07) is 14.5. The van der Waals surface area contributed by atoms with Crippen LogP contribution >= 0.6 is 23.5 Å². The van der Waals surface area contributed by atoms with E-state index in [0.29, 0.717) is 0 Å². The Hall–Kier alpha value is -1.26. The van der Waals surface area contributed by atoms with Crippen molar-refractivity contribution in [2.75, 3.05) is 0 Å². The second kappa shape index (κ2) is 5.80. The molecule has 2 rings (SSSR count). The molecule has 0 saturated heterocycles. The van der Waals surface area contributed by atoms with Gasteiger partial charge in [-0.1, -0.05) is 0 Å². The lowest BCUT2D eigenvalue weighted by Gasteiger charge is -2.23. The molecule has 2 nitrogen and oxygen atoms in total. The molecule has 0 aliphatic carbocycles. The zero-order valence-electron chi connectivity index (χ0n) is 10.8. The van der Waals surface area contributed by atoms with E-state index in [4.69, 9.17) is 0 Å². The largest absolute Gasteiger partial charge is 0.508 e. The average Bonchev–Trinajstić information content (AvgIpc) is 2.34. The molecule has 2 aromatic carbocycles. The third kappa shape index (κ3) is 4.40. The first-order valence-corrected chi connectivity index (χ1v) is 7.54. The van der Waals surface area contributed by atoms with E-state index in [1.165, 1.54) is 0 Å². The number of thioether (sulfide) groups is 2. The Morgan fingerprint density at radius 1 is 0.684 bits per heavy atom. The molecule has 0 spiro atoms. The number of benzene rings is 2. The van der Waals surface area contributed by atoms with E-state index in [1.54, 1.807) is 47.8 Å². The van der Waals surface area contributed by atoms with Gasteiger partial charge in [-0.25, -0.2) is 0 Å². The molecule has 0 aliphatic rings. The summed E-state index contributed by atoms with van der Waals surface area (Å²) in [5, 5.41) is 18.6. The highest BCUT2D eigenvalue weighted by Gasteiger charge is 2.21. The summed E-state index contributed by atoms with van der Waals surface area (Å²) in [4.78, 5) is 2.24. The summed E-state index contributed by atoms with van der Waals surface area (Å²) in [5.74, 6) is 0.571. The van der Waals surface area contributed by atoms with Crippen LogP contribution in [0.3, 0.4) is 0 Å². The van der Waals surface area contributed by atoms with Gasteiger partial charge in [0.05, 0.1) is 4.08 Å². The molecule has 19 heavy (non-hydrogen) atoms. The summed E-state index contributed by atoms with van der Waals surface area (Å²) in [5.41, 5.74) is 0. The molecule has 0 unspecified atom stereocenters. The highest BCUT2D eigenvalue weighted by Crippen LogP contribution is 2.45. The van der Waals surface area contributed by atoms with Gasteiger partial charge in [0.1, 0.15) is 11.5 Å². The molecule has 2 aromatic rings. The van der Waals surface area contributed by atoms with Crippen LogP contribution in [0, 0.1) is 0 Å². The van der Waals surface area contributed by atoms with E-state index in [9.17, 15) is 10.2 Å². The van der Waals surface area contributed by atoms with Gasteiger partial charge in [-0.05, 0) is 62.4 Å². The van der Waals surface area contributed by atoms with E-state index in [0.717, 1.165) is 9.79 Å². The fourth-order valence-corrected chi connectivity index (χ4v) is 4.04. The van der Waals surface area contributed by atoms with Crippen molar-refractivity contribution in [1.29, 1.82) is 0 Å². The molecule has 0 amide bonds. The number of phenols is 2. The number of hydrogen-bond acceptors (Lipinski definition) is 4. The first kappa shape index (κ1) is 14.2. The van der Waals surface area contributed by atoms with Crippen LogP contribution in [0.2, 0.25) is 0 Å². The van der Waals surface area contributed by atoms with Crippen LogP contribution in [0.25, 0.3) is 0 Å². The summed E-state index contributed by atoms with van der Waals surface area (Å²) < 4.78 is -0.0338. The van der Waals surface area contributed by atoms with E-state index >= 15 is 0 Å². The minimum atomic E-state index is -0.0338. The van der Waals surface area contributed by atoms with E-state index in [1.807, 2.05) is 24.3 Å². The topological polar surface area (TPSA) is 40.5 Å². The predicted octanol–water partition coefficient (Wildman–Crippen LogP) is 4.72. The molecule has 0 saturated carbocycles. The summed E-state index contributed by atoms with van der Waals surface area (Å²) >= 11 is 3.49. The molecule has 0 bridgehead atoms. The maximum absolute atomic E-state index is 9.28. The monoisotopic (exact) mass is 292 g/mol. The van der Waals surface area contributed by atoms with Gasteiger partial charge >= 0.3 is 0 Å². The number of hydrogen-bond donors (Lipinski definition) is 2. The summed E-state index contributed by atoms with van der Waals surface area (Å²) in [7, 11) is 0. The summed E-state index contributed by atoms with van der Waals surface area (Å²) in [6.07, 6.45) is 0. The first-order valence-electron chi connectivity index (χ1n) is 5.91. The van der Waals surface area contributed by atoms with Crippen molar-refractivity contribution in [1.82, 2.24) is 0 Å². The lowest BCUT2D eigenvalue weighted by molar-refractivity contribution is 0.474. The molecule has 0 radical (unpaired) electrons. The fraction of sp³-hybridized carbons (Fsp3) is 0.200. The third-order valence-electron chi connectivity index (χ3n) is 2.40. The van der Waals surface area contributed by atoms with Crippen molar-refractivity contribution in [2.45, 2.75) is 27.7 Å². The Labute approximate surface area is 121 Å². The van der Waals surface area contributed by atoms with Crippen molar-refractivity contribution in [2.24, 2.45) is 0 Å². The van der Waals surface area contributed by atoms with Crippen molar-refractivity contribution >= 4 is 23.5 Å². The number of aromatic hydroxyl groups is 2. The van der Waals surface area contributed by atoms with Gasteiger partial charge in [-0.15, -0.1) is 23.5 Å². The molecular formula is C15H16O2S2. The van der Waals surface area contributed by atoms with Crippen LogP contribution in [0.15, 0.2) is 58.3 Å². The van der Waals surface area contributed by atoms with Gasteiger partial charge in [0.15, 0.2) is 0 Å². The van der Waals surface area contributed by atoms with Crippen LogP contribution in [0.5, 0.6) is 11.5 Å². The van der Waals surface area contributed by atoms with Crippen molar-refractivity contribution in [3.05, 3.63) is 48.5 Å². The lowest BCUT2D eigenvalue weighted by Crippen LogP contribution is -2.07.